The number of amides is 3. The molecule has 0 atom stereocenters. The molecule has 0 bridgehead atoms. The molecule has 1 saturated heterocycles. The molecule has 4 rings (SSSR count). The van der Waals surface area contributed by atoms with Crippen LogP contribution in [0, 0.1) is 5.82 Å². The third-order valence-corrected chi connectivity index (χ3v) is 7.52. The molecular formula is C30H25BrClFN2O5S. The van der Waals surface area contributed by atoms with Crippen molar-refractivity contribution in [2.75, 3.05) is 18.5 Å². The van der Waals surface area contributed by atoms with Crippen LogP contribution in [0.4, 0.5) is 14.9 Å². The Bertz CT molecular complexity index is 1530. The Kier molecular flexibility index (Phi) is 10.3. The molecule has 0 spiro atoms. The number of hydrogen-bond acceptors (Lipinski definition) is 6. The third-order valence-electron chi connectivity index (χ3n) is 5.79. The molecule has 3 aromatic carbocycles. The van der Waals surface area contributed by atoms with E-state index in [0.717, 1.165) is 38.3 Å². The molecule has 0 radical (unpaired) electrons. The summed E-state index contributed by atoms with van der Waals surface area (Å²) in [6, 6.07) is 15.0. The molecule has 0 aromatic heterocycles. The Morgan fingerprint density at radius 1 is 1.15 bits per heavy atom. The fourth-order valence-electron chi connectivity index (χ4n) is 3.94. The van der Waals surface area contributed by atoms with Gasteiger partial charge in [0.15, 0.2) is 11.5 Å². The van der Waals surface area contributed by atoms with Crippen LogP contribution in [0.5, 0.6) is 11.5 Å². The van der Waals surface area contributed by atoms with Gasteiger partial charge in [0.2, 0.25) is 5.91 Å². The van der Waals surface area contributed by atoms with Crippen LogP contribution in [0.25, 0.3) is 6.08 Å². The van der Waals surface area contributed by atoms with E-state index in [4.69, 9.17) is 21.1 Å². The average molecular weight is 660 g/mol. The van der Waals surface area contributed by atoms with Gasteiger partial charge in [-0.05, 0) is 84.8 Å². The number of hydrogen-bond donors (Lipinski definition) is 1. The molecule has 0 unspecified atom stereocenters. The summed E-state index contributed by atoms with van der Waals surface area (Å²) in [5, 5.41) is 1.76. The quantitative estimate of drug-likeness (QED) is 0.168. The lowest BCUT2D eigenvalue weighted by Gasteiger charge is -2.17. The lowest BCUT2D eigenvalue weighted by Crippen LogP contribution is -2.36. The van der Waals surface area contributed by atoms with Crippen molar-refractivity contribution >= 4 is 68.1 Å². The Morgan fingerprint density at radius 2 is 1.90 bits per heavy atom. The summed E-state index contributed by atoms with van der Waals surface area (Å²) in [6.07, 6.45) is 3.80. The van der Waals surface area contributed by atoms with Crippen LogP contribution >= 0.6 is 39.3 Å². The van der Waals surface area contributed by atoms with E-state index in [1.54, 1.807) is 18.2 Å². The standard InChI is InChI=1S/C30H25BrClFN2O5S/c1-3-5-20-12-19(13-25(39-4-2)28(20)40-17-18-6-8-21(31)9-7-18)14-26-29(37)35(30(38)41-26)16-27(36)34-22-10-11-24(33)23(32)15-22/h3,6-15H,1,4-5,16-17H2,2H3,(H,34,36)/b26-14-. The Morgan fingerprint density at radius 3 is 2.59 bits per heavy atom. The molecule has 3 amide bonds. The number of ether oxygens (including phenoxy) is 2. The van der Waals surface area contributed by atoms with Crippen LogP contribution in [-0.4, -0.2) is 35.1 Å². The second-order valence-corrected chi connectivity index (χ2v) is 11.1. The molecule has 1 fully saturated rings. The first-order chi connectivity index (χ1) is 19.7. The topological polar surface area (TPSA) is 84.9 Å². The molecule has 3 aromatic rings. The number of nitrogens with zero attached hydrogens (tertiary/aromatic N) is 1. The minimum absolute atomic E-state index is 0.156. The van der Waals surface area contributed by atoms with E-state index in [1.807, 2.05) is 37.3 Å². The van der Waals surface area contributed by atoms with Gasteiger partial charge in [0.1, 0.15) is 19.0 Å². The maximum absolute atomic E-state index is 13.4. The van der Waals surface area contributed by atoms with Crippen molar-refractivity contribution in [1.29, 1.82) is 0 Å². The molecule has 0 aliphatic carbocycles. The van der Waals surface area contributed by atoms with Crippen molar-refractivity contribution in [2.45, 2.75) is 20.0 Å². The molecule has 1 aliphatic heterocycles. The lowest BCUT2D eigenvalue weighted by molar-refractivity contribution is -0.127. The van der Waals surface area contributed by atoms with Gasteiger partial charge in [0.05, 0.1) is 16.5 Å². The Hall–Kier alpha value is -3.60. The summed E-state index contributed by atoms with van der Waals surface area (Å²) in [5.41, 5.74) is 2.64. The van der Waals surface area contributed by atoms with Crippen molar-refractivity contribution in [3.05, 3.63) is 104 Å². The molecule has 11 heteroatoms. The Balaban J connectivity index is 1.54. The zero-order valence-electron chi connectivity index (χ0n) is 21.9. The number of halogens is 3. The van der Waals surface area contributed by atoms with Gasteiger partial charge in [-0.2, -0.15) is 0 Å². The van der Waals surface area contributed by atoms with Gasteiger partial charge >= 0.3 is 0 Å². The smallest absolute Gasteiger partial charge is 0.294 e. The second-order valence-electron chi connectivity index (χ2n) is 8.79. The summed E-state index contributed by atoms with van der Waals surface area (Å²) < 4.78 is 26.4. The molecule has 0 saturated carbocycles. The highest BCUT2D eigenvalue weighted by Crippen LogP contribution is 2.38. The van der Waals surface area contributed by atoms with Crippen molar-refractivity contribution in [2.24, 2.45) is 0 Å². The number of allylic oxidation sites excluding steroid dienone is 1. The minimum Gasteiger partial charge on any atom is -0.490 e. The van der Waals surface area contributed by atoms with E-state index in [-0.39, 0.29) is 15.6 Å². The van der Waals surface area contributed by atoms with Crippen molar-refractivity contribution < 1.29 is 28.2 Å². The highest BCUT2D eigenvalue weighted by atomic mass is 79.9. The van der Waals surface area contributed by atoms with Gasteiger partial charge in [-0.15, -0.1) is 6.58 Å². The molecular weight excluding hydrogens is 635 g/mol. The third kappa shape index (κ3) is 7.78. The second kappa shape index (κ2) is 13.8. The highest BCUT2D eigenvalue weighted by Gasteiger charge is 2.36. The number of carbonyl (C=O) groups is 3. The number of thioether (sulfide) groups is 1. The minimum atomic E-state index is -0.631. The van der Waals surface area contributed by atoms with Gasteiger partial charge < -0.3 is 14.8 Å². The van der Waals surface area contributed by atoms with E-state index in [1.165, 1.54) is 12.1 Å². The largest absolute Gasteiger partial charge is 0.490 e. The van der Waals surface area contributed by atoms with E-state index in [0.29, 0.717) is 36.7 Å². The van der Waals surface area contributed by atoms with Gasteiger partial charge in [-0.3, -0.25) is 19.3 Å². The zero-order chi connectivity index (χ0) is 29.5. The van der Waals surface area contributed by atoms with E-state index >= 15 is 0 Å². The summed E-state index contributed by atoms with van der Waals surface area (Å²) in [6.45, 7) is 5.90. The van der Waals surface area contributed by atoms with Crippen LogP contribution in [0.1, 0.15) is 23.6 Å². The maximum atomic E-state index is 13.4. The summed E-state index contributed by atoms with van der Waals surface area (Å²) >= 11 is 9.91. The molecule has 1 heterocycles. The van der Waals surface area contributed by atoms with E-state index in [9.17, 15) is 18.8 Å². The summed E-state index contributed by atoms with van der Waals surface area (Å²) in [4.78, 5) is 39.2. The number of imide groups is 1. The predicted octanol–water partition coefficient (Wildman–Crippen LogP) is 7.62. The number of nitrogens with one attached hydrogen (secondary N) is 1. The molecule has 1 N–H and O–H groups in total. The normalized spacial score (nSPS) is 14.0. The number of benzene rings is 3. The summed E-state index contributed by atoms with van der Waals surface area (Å²) in [5.74, 6) is -0.806. The van der Waals surface area contributed by atoms with Crippen molar-refractivity contribution in [1.82, 2.24) is 4.90 Å². The molecule has 41 heavy (non-hydrogen) atoms. The molecule has 7 nitrogen and oxygen atoms in total. The van der Waals surface area contributed by atoms with Crippen LogP contribution < -0.4 is 14.8 Å². The number of anilines is 1. The van der Waals surface area contributed by atoms with E-state index < -0.39 is 29.4 Å². The van der Waals surface area contributed by atoms with Gasteiger partial charge in [0.25, 0.3) is 11.1 Å². The fourth-order valence-corrected chi connectivity index (χ4v) is 5.23. The summed E-state index contributed by atoms with van der Waals surface area (Å²) in [7, 11) is 0. The van der Waals surface area contributed by atoms with Crippen molar-refractivity contribution in [3.63, 3.8) is 0 Å². The van der Waals surface area contributed by atoms with Gasteiger partial charge in [-0.25, -0.2) is 4.39 Å². The number of rotatable bonds is 11. The first-order valence-corrected chi connectivity index (χ1v) is 14.4. The van der Waals surface area contributed by atoms with E-state index in [2.05, 4.69) is 27.8 Å². The van der Waals surface area contributed by atoms with Gasteiger partial charge in [-0.1, -0.05) is 45.7 Å². The van der Waals surface area contributed by atoms with Gasteiger partial charge in [0, 0.05) is 15.7 Å². The monoisotopic (exact) mass is 658 g/mol. The number of carbonyl (C=O) groups excluding carboxylic acids is 3. The molecule has 212 valence electrons. The predicted molar refractivity (Wildman–Crippen MR) is 163 cm³/mol. The van der Waals surface area contributed by atoms with Crippen molar-refractivity contribution in [3.8, 4) is 11.5 Å². The maximum Gasteiger partial charge on any atom is 0.294 e. The SMILES string of the molecule is C=CCc1cc(/C=C2\SC(=O)N(CC(=O)Nc3ccc(F)c(Cl)c3)C2=O)cc(OCC)c1OCc1ccc(Br)cc1. The first kappa shape index (κ1) is 30.4. The fraction of sp³-hybridized carbons (Fsp3) is 0.167. The van der Waals surface area contributed by atoms with Crippen LogP contribution in [0.15, 0.2) is 76.6 Å². The lowest BCUT2D eigenvalue weighted by atomic mass is 10.0. The Labute approximate surface area is 254 Å². The van der Waals surface area contributed by atoms with Crippen LogP contribution in [0.2, 0.25) is 5.02 Å². The van der Waals surface area contributed by atoms with Crippen LogP contribution in [0.3, 0.4) is 0 Å². The zero-order valence-corrected chi connectivity index (χ0v) is 25.1. The van der Waals surface area contributed by atoms with Crippen LogP contribution in [-0.2, 0) is 22.6 Å². The molecule has 1 aliphatic rings. The average Bonchev–Trinajstić information content (AvgIpc) is 3.18. The first-order valence-electron chi connectivity index (χ1n) is 12.5. The highest BCUT2D eigenvalue weighted by molar-refractivity contribution is 9.10.